The van der Waals surface area contributed by atoms with Crippen LogP contribution in [0.25, 0.3) is 0 Å². The molecule has 0 amide bonds. The number of benzene rings is 3. The first-order valence-corrected chi connectivity index (χ1v) is 9.70. The number of hydrogen-bond donors (Lipinski definition) is 0. The number of rotatable bonds is 5. The molecule has 3 aromatic rings. The molecule has 0 N–H and O–H groups in total. The van der Waals surface area contributed by atoms with Crippen LogP contribution in [0.15, 0.2) is 72.8 Å². The summed E-state index contributed by atoms with van der Waals surface area (Å²) in [7, 11) is 0. The van der Waals surface area contributed by atoms with Crippen LogP contribution in [-0.4, -0.2) is 30.5 Å². The normalized spacial score (nSPS) is 14.5. The SMILES string of the molecule is O=C(c1cccc([N+](=O)[O-])c1)C1CN(c2ccc(F)cc2)CN(c2ccc(F)cc2)C1. The van der Waals surface area contributed by atoms with Crippen LogP contribution in [0.1, 0.15) is 10.4 Å². The van der Waals surface area contributed by atoms with Gasteiger partial charge in [0.05, 0.1) is 17.5 Å². The molecule has 1 aliphatic rings. The third kappa shape index (κ3) is 4.53. The molecule has 0 saturated carbocycles. The highest BCUT2D eigenvalue weighted by molar-refractivity contribution is 5.99. The molecule has 0 spiro atoms. The van der Waals surface area contributed by atoms with E-state index in [1.807, 2.05) is 9.80 Å². The van der Waals surface area contributed by atoms with Crippen LogP contribution in [0.3, 0.4) is 0 Å². The first-order chi connectivity index (χ1) is 14.9. The highest BCUT2D eigenvalue weighted by atomic mass is 19.1. The number of hydrogen-bond acceptors (Lipinski definition) is 5. The van der Waals surface area contributed by atoms with Crippen molar-refractivity contribution in [3.63, 3.8) is 0 Å². The minimum Gasteiger partial charge on any atom is -0.353 e. The summed E-state index contributed by atoms with van der Waals surface area (Å²) < 4.78 is 26.8. The average molecular weight is 423 g/mol. The molecule has 0 aromatic heterocycles. The van der Waals surface area contributed by atoms with Gasteiger partial charge in [-0.1, -0.05) is 12.1 Å². The quantitative estimate of drug-likeness (QED) is 0.339. The van der Waals surface area contributed by atoms with Crippen molar-refractivity contribution in [1.29, 1.82) is 0 Å². The van der Waals surface area contributed by atoms with Gasteiger partial charge in [0.1, 0.15) is 11.6 Å². The Hall–Kier alpha value is -3.81. The van der Waals surface area contributed by atoms with E-state index in [1.54, 1.807) is 30.3 Å². The molecule has 1 saturated heterocycles. The Labute approximate surface area is 177 Å². The number of nitrogens with zero attached hydrogens (tertiary/aromatic N) is 3. The molecule has 8 heteroatoms. The summed E-state index contributed by atoms with van der Waals surface area (Å²) in [4.78, 5) is 27.7. The zero-order chi connectivity index (χ0) is 22.0. The second kappa shape index (κ2) is 8.51. The first-order valence-electron chi connectivity index (χ1n) is 9.70. The van der Waals surface area contributed by atoms with E-state index in [9.17, 15) is 23.7 Å². The monoisotopic (exact) mass is 423 g/mol. The Bertz CT molecular complexity index is 1050. The topological polar surface area (TPSA) is 66.7 Å². The summed E-state index contributed by atoms with van der Waals surface area (Å²) >= 11 is 0. The summed E-state index contributed by atoms with van der Waals surface area (Å²) in [5.74, 6) is -1.44. The van der Waals surface area contributed by atoms with E-state index in [4.69, 9.17) is 0 Å². The van der Waals surface area contributed by atoms with E-state index >= 15 is 0 Å². The molecular weight excluding hydrogens is 404 g/mol. The Morgan fingerprint density at radius 1 is 0.871 bits per heavy atom. The number of Topliss-reactive ketones (excluding diaryl/α,β-unsaturated/α-hetero) is 1. The first kappa shape index (κ1) is 20.5. The van der Waals surface area contributed by atoms with Crippen molar-refractivity contribution >= 4 is 22.8 Å². The van der Waals surface area contributed by atoms with Gasteiger partial charge in [0.25, 0.3) is 5.69 Å². The molecule has 3 aromatic carbocycles. The number of nitro groups is 1. The largest absolute Gasteiger partial charge is 0.353 e. The zero-order valence-corrected chi connectivity index (χ0v) is 16.4. The van der Waals surface area contributed by atoms with Gasteiger partial charge in [-0.2, -0.15) is 0 Å². The third-order valence-electron chi connectivity index (χ3n) is 5.32. The Morgan fingerprint density at radius 2 is 1.39 bits per heavy atom. The maximum Gasteiger partial charge on any atom is 0.270 e. The van der Waals surface area contributed by atoms with E-state index in [0.29, 0.717) is 19.8 Å². The number of ketones is 1. The van der Waals surface area contributed by atoms with Gasteiger partial charge >= 0.3 is 0 Å². The highest BCUT2D eigenvalue weighted by Crippen LogP contribution is 2.28. The molecule has 0 radical (unpaired) electrons. The molecule has 1 fully saturated rings. The average Bonchev–Trinajstić information content (AvgIpc) is 2.79. The Kier molecular flexibility index (Phi) is 5.62. The van der Waals surface area contributed by atoms with Crippen molar-refractivity contribution < 1.29 is 18.5 Å². The van der Waals surface area contributed by atoms with Crippen LogP contribution >= 0.6 is 0 Å². The third-order valence-corrected chi connectivity index (χ3v) is 5.32. The van der Waals surface area contributed by atoms with Gasteiger partial charge in [-0.05, 0) is 48.5 Å². The van der Waals surface area contributed by atoms with E-state index < -0.39 is 10.8 Å². The summed E-state index contributed by atoms with van der Waals surface area (Å²) in [6.45, 7) is 1.16. The Morgan fingerprint density at radius 3 is 1.87 bits per heavy atom. The summed E-state index contributed by atoms with van der Waals surface area (Å²) in [5.41, 5.74) is 1.60. The van der Waals surface area contributed by atoms with Crippen molar-refractivity contribution in [3.05, 3.63) is 100 Å². The fourth-order valence-corrected chi connectivity index (χ4v) is 3.76. The second-order valence-electron chi connectivity index (χ2n) is 7.41. The second-order valence-corrected chi connectivity index (χ2v) is 7.41. The molecule has 1 heterocycles. The van der Waals surface area contributed by atoms with E-state index in [1.165, 1.54) is 42.5 Å². The molecule has 1 aliphatic heterocycles. The number of carbonyl (C=O) groups excluding carboxylic acids is 1. The lowest BCUT2D eigenvalue weighted by atomic mass is 9.94. The van der Waals surface area contributed by atoms with Crippen molar-refractivity contribution in [2.45, 2.75) is 0 Å². The molecule has 0 bridgehead atoms. The van der Waals surface area contributed by atoms with Gasteiger partial charge < -0.3 is 9.80 Å². The number of nitro benzene ring substituents is 1. The maximum atomic E-state index is 13.4. The van der Waals surface area contributed by atoms with Crippen molar-refractivity contribution in [2.75, 3.05) is 29.6 Å². The lowest BCUT2D eigenvalue weighted by Gasteiger charge is -2.42. The number of non-ortho nitro benzene ring substituents is 1. The van der Waals surface area contributed by atoms with Crippen LogP contribution in [-0.2, 0) is 0 Å². The van der Waals surface area contributed by atoms with E-state index in [-0.39, 0.29) is 28.7 Å². The van der Waals surface area contributed by atoms with Crippen LogP contribution < -0.4 is 9.80 Å². The van der Waals surface area contributed by atoms with Crippen molar-refractivity contribution in [1.82, 2.24) is 0 Å². The summed E-state index contributed by atoms with van der Waals surface area (Å²) in [5, 5.41) is 11.1. The summed E-state index contributed by atoms with van der Waals surface area (Å²) in [6.07, 6.45) is 0. The number of carbonyl (C=O) groups is 1. The van der Waals surface area contributed by atoms with Crippen LogP contribution in [0.4, 0.5) is 25.8 Å². The molecule has 4 rings (SSSR count). The minimum atomic E-state index is -0.534. The van der Waals surface area contributed by atoms with Gasteiger partial charge in [-0.15, -0.1) is 0 Å². The Balaban J connectivity index is 1.66. The van der Waals surface area contributed by atoms with E-state index in [0.717, 1.165) is 11.4 Å². The van der Waals surface area contributed by atoms with Gasteiger partial charge in [0.15, 0.2) is 5.78 Å². The molecule has 0 unspecified atom stereocenters. The standard InChI is InChI=1S/C23H19F2N3O3/c24-18-4-8-20(9-5-18)26-13-17(14-27(15-26)21-10-6-19(25)7-11-21)23(29)16-2-1-3-22(12-16)28(30)31/h1-12,17H,13-15H2. The van der Waals surface area contributed by atoms with Gasteiger partial charge in [0, 0.05) is 42.2 Å². The zero-order valence-electron chi connectivity index (χ0n) is 16.4. The molecule has 6 nitrogen and oxygen atoms in total. The summed E-state index contributed by atoms with van der Waals surface area (Å²) in [6, 6.07) is 17.6. The number of anilines is 2. The van der Waals surface area contributed by atoms with Crippen LogP contribution in [0.5, 0.6) is 0 Å². The van der Waals surface area contributed by atoms with Crippen molar-refractivity contribution in [2.24, 2.45) is 5.92 Å². The lowest BCUT2D eigenvalue weighted by molar-refractivity contribution is -0.384. The van der Waals surface area contributed by atoms with Gasteiger partial charge in [-0.3, -0.25) is 14.9 Å². The van der Waals surface area contributed by atoms with Gasteiger partial charge in [-0.25, -0.2) is 8.78 Å². The smallest absolute Gasteiger partial charge is 0.270 e. The fourth-order valence-electron chi connectivity index (χ4n) is 3.76. The number of halogens is 2. The van der Waals surface area contributed by atoms with Crippen LogP contribution in [0.2, 0.25) is 0 Å². The fraction of sp³-hybridized carbons (Fsp3) is 0.174. The molecule has 31 heavy (non-hydrogen) atoms. The maximum absolute atomic E-state index is 13.4. The molecule has 158 valence electrons. The predicted molar refractivity (Wildman–Crippen MR) is 113 cm³/mol. The molecule has 0 aliphatic carbocycles. The lowest BCUT2D eigenvalue weighted by Crippen LogP contribution is -2.52. The predicted octanol–water partition coefficient (Wildman–Crippen LogP) is 4.66. The highest BCUT2D eigenvalue weighted by Gasteiger charge is 2.32. The van der Waals surface area contributed by atoms with E-state index in [2.05, 4.69) is 0 Å². The molecular formula is C23H19F2N3O3. The van der Waals surface area contributed by atoms with Crippen LogP contribution in [0, 0.1) is 27.7 Å². The van der Waals surface area contributed by atoms with Crippen molar-refractivity contribution in [3.8, 4) is 0 Å². The minimum absolute atomic E-state index is 0.146. The molecule has 0 atom stereocenters. The van der Waals surface area contributed by atoms with Gasteiger partial charge in [0.2, 0.25) is 0 Å².